The van der Waals surface area contributed by atoms with Crippen LogP contribution in [-0.4, -0.2) is 41.7 Å². The number of hydrogen-bond acceptors (Lipinski definition) is 3. The monoisotopic (exact) mass is 304 g/mol. The molecule has 3 nitrogen and oxygen atoms in total. The van der Waals surface area contributed by atoms with Crippen molar-refractivity contribution in [2.75, 3.05) is 18.8 Å². The Hall–Kier alpha value is -1.00. The fraction of sp³-hybridized carbons (Fsp3) is 0.588. The van der Waals surface area contributed by atoms with Crippen LogP contribution in [0.5, 0.6) is 0 Å². The molecule has 21 heavy (non-hydrogen) atoms. The van der Waals surface area contributed by atoms with Gasteiger partial charge in [0.25, 0.3) is 0 Å². The molecule has 1 N–H and O–H groups in total. The Balaban J connectivity index is 1.52. The molecular weight excluding hydrogens is 280 g/mol. The molecule has 1 atom stereocenters. The molecule has 1 aliphatic heterocycles. The summed E-state index contributed by atoms with van der Waals surface area (Å²) in [5, 5.41) is 3.56. The Labute approximate surface area is 131 Å². The van der Waals surface area contributed by atoms with Crippen molar-refractivity contribution in [3.05, 3.63) is 30.3 Å². The van der Waals surface area contributed by atoms with E-state index in [1.165, 1.54) is 37.0 Å². The highest BCUT2D eigenvalue weighted by molar-refractivity contribution is 8.00. The molecule has 1 aromatic carbocycles. The third kappa shape index (κ3) is 4.48. The summed E-state index contributed by atoms with van der Waals surface area (Å²) in [4.78, 5) is 15.9. The van der Waals surface area contributed by atoms with Crippen LogP contribution in [0, 0.1) is 0 Å². The van der Waals surface area contributed by atoms with Crippen LogP contribution >= 0.6 is 11.8 Å². The van der Waals surface area contributed by atoms with Gasteiger partial charge in [-0.3, -0.25) is 4.79 Å². The minimum Gasteiger partial charge on any atom is -0.337 e. The zero-order valence-corrected chi connectivity index (χ0v) is 13.3. The van der Waals surface area contributed by atoms with Crippen molar-refractivity contribution in [2.24, 2.45) is 0 Å². The fourth-order valence-electron chi connectivity index (χ4n) is 2.90. The van der Waals surface area contributed by atoms with Crippen molar-refractivity contribution in [1.82, 2.24) is 10.2 Å². The van der Waals surface area contributed by atoms with Crippen molar-refractivity contribution in [3.63, 3.8) is 0 Å². The molecule has 1 heterocycles. The summed E-state index contributed by atoms with van der Waals surface area (Å²) in [5.74, 6) is 0.867. The van der Waals surface area contributed by atoms with Gasteiger partial charge in [0.05, 0.1) is 5.75 Å². The summed E-state index contributed by atoms with van der Waals surface area (Å²) < 4.78 is 0. The van der Waals surface area contributed by atoms with E-state index in [9.17, 15) is 4.79 Å². The number of hydrogen-bond donors (Lipinski definition) is 1. The van der Waals surface area contributed by atoms with Crippen molar-refractivity contribution in [1.29, 1.82) is 0 Å². The van der Waals surface area contributed by atoms with Gasteiger partial charge in [0.15, 0.2) is 0 Å². The van der Waals surface area contributed by atoms with E-state index < -0.39 is 0 Å². The smallest absolute Gasteiger partial charge is 0.233 e. The molecule has 1 aromatic rings. The average Bonchev–Trinajstić information content (AvgIpc) is 3.37. The first-order chi connectivity index (χ1) is 10.3. The average molecular weight is 304 g/mol. The number of carbonyl (C=O) groups is 1. The van der Waals surface area contributed by atoms with Crippen molar-refractivity contribution >= 4 is 17.7 Å². The van der Waals surface area contributed by atoms with E-state index in [0.717, 1.165) is 13.1 Å². The van der Waals surface area contributed by atoms with Crippen LogP contribution in [0.25, 0.3) is 0 Å². The van der Waals surface area contributed by atoms with E-state index in [1.807, 2.05) is 18.2 Å². The van der Waals surface area contributed by atoms with E-state index in [2.05, 4.69) is 22.3 Å². The van der Waals surface area contributed by atoms with Crippen LogP contribution < -0.4 is 5.32 Å². The first-order valence-electron chi connectivity index (χ1n) is 8.03. The number of benzene rings is 1. The molecule has 2 aliphatic rings. The maximum Gasteiger partial charge on any atom is 0.233 e. The van der Waals surface area contributed by atoms with Crippen LogP contribution in [0.3, 0.4) is 0 Å². The molecule has 2 fully saturated rings. The minimum atomic E-state index is 0.304. The van der Waals surface area contributed by atoms with Gasteiger partial charge in [-0.15, -0.1) is 11.8 Å². The third-order valence-corrected chi connectivity index (χ3v) is 5.24. The van der Waals surface area contributed by atoms with Gasteiger partial charge in [-0.2, -0.15) is 0 Å². The van der Waals surface area contributed by atoms with Crippen LogP contribution in [0.15, 0.2) is 35.2 Å². The first-order valence-corrected chi connectivity index (χ1v) is 9.02. The predicted molar refractivity (Wildman–Crippen MR) is 87.5 cm³/mol. The molecule has 1 amide bonds. The van der Waals surface area contributed by atoms with E-state index in [-0.39, 0.29) is 0 Å². The van der Waals surface area contributed by atoms with Crippen molar-refractivity contribution in [3.8, 4) is 0 Å². The molecule has 114 valence electrons. The van der Waals surface area contributed by atoms with E-state index in [0.29, 0.717) is 23.7 Å². The number of amides is 1. The summed E-state index contributed by atoms with van der Waals surface area (Å²) in [6.07, 6.45) is 6.16. The van der Waals surface area contributed by atoms with E-state index in [4.69, 9.17) is 0 Å². The van der Waals surface area contributed by atoms with Gasteiger partial charge < -0.3 is 10.2 Å². The SMILES string of the molecule is O=C(CSc1ccccc1)N(CC1CCCCN1)C1CC1. The van der Waals surface area contributed by atoms with Crippen LogP contribution in [0.1, 0.15) is 32.1 Å². The molecule has 0 radical (unpaired) electrons. The second-order valence-corrected chi connectivity index (χ2v) is 7.07. The topological polar surface area (TPSA) is 32.3 Å². The van der Waals surface area contributed by atoms with Gasteiger partial charge in [0.2, 0.25) is 5.91 Å². The third-order valence-electron chi connectivity index (χ3n) is 4.24. The molecule has 1 aliphatic carbocycles. The molecule has 1 unspecified atom stereocenters. The zero-order chi connectivity index (χ0) is 14.5. The largest absolute Gasteiger partial charge is 0.337 e. The molecule has 1 saturated carbocycles. The van der Waals surface area contributed by atoms with Crippen LogP contribution in [-0.2, 0) is 4.79 Å². The Bertz CT molecular complexity index is 455. The predicted octanol–water partition coefficient (Wildman–Crippen LogP) is 2.91. The molecule has 0 spiro atoms. The molecule has 1 saturated heterocycles. The number of nitrogens with one attached hydrogen (secondary N) is 1. The Morgan fingerprint density at radius 3 is 2.67 bits per heavy atom. The molecule has 3 rings (SSSR count). The highest BCUT2D eigenvalue weighted by atomic mass is 32.2. The van der Waals surface area contributed by atoms with Crippen LogP contribution in [0.2, 0.25) is 0 Å². The van der Waals surface area contributed by atoms with Gasteiger partial charge in [-0.25, -0.2) is 0 Å². The normalized spacial score (nSPS) is 22.0. The maximum absolute atomic E-state index is 12.5. The lowest BCUT2D eigenvalue weighted by Crippen LogP contribution is -2.47. The number of piperidine rings is 1. The Kier molecular flexibility index (Phi) is 5.20. The molecular formula is C17H24N2OS. The van der Waals surface area contributed by atoms with Gasteiger partial charge in [0.1, 0.15) is 0 Å². The van der Waals surface area contributed by atoms with E-state index >= 15 is 0 Å². The molecule has 0 aromatic heterocycles. The number of nitrogens with zero attached hydrogens (tertiary/aromatic N) is 1. The standard InChI is InChI=1S/C17H24N2OS/c20-17(13-21-16-7-2-1-3-8-16)19(15-9-10-15)12-14-6-4-5-11-18-14/h1-3,7-8,14-15,18H,4-6,9-13H2. The van der Waals surface area contributed by atoms with Gasteiger partial charge >= 0.3 is 0 Å². The second kappa shape index (κ2) is 7.32. The zero-order valence-electron chi connectivity index (χ0n) is 12.5. The molecule has 4 heteroatoms. The lowest BCUT2D eigenvalue weighted by atomic mass is 10.0. The van der Waals surface area contributed by atoms with Crippen LogP contribution in [0.4, 0.5) is 0 Å². The number of thioether (sulfide) groups is 1. The second-order valence-electron chi connectivity index (χ2n) is 6.03. The summed E-state index contributed by atoms with van der Waals surface area (Å²) >= 11 is 1.65. The Morgan fingerprint density at radius 1 is 1.19 bits per heavy atom. The van der Waals surface area contributed by atoms with Gasteiger partial charge in [-0.1, -0.05) is 24.6 Å². The number of carbonyl (C=O) groups excluding carboxylic acids is 1. The summed E-state index contributed by atoms with van der Waals surface area (Å²) in [7, 11) is 0. The summed E-state index contributed by atoms with van der Waals surface area (Å²) in [6, 6.07) is 11.2. The summed E-state index contributed by atoms with van der Waals surface area (Å²) in [5.41, 5.74) is 0. The van der Waals surface area contributed by atoms with Crippen molar-refractivity contribution in [2.45, 2.75) is 49.1 Å². The highest BCUT2D eigenvalue weighted by Gasteiger charge is 2.33. The highest BCUT2D eigenvalue weighted by Crippen LogP contribution is 2.29. The van der Waals surface area contributed by atoms with Gasteiger partial charge in [-0.05, 0) is 44.4 Å². The lowest BCUT2D eigenvalue weighted by Gasteiger charge is -2.30. The van der Waals surface area contributed by atoms with Crippen molar-refractivity contribution < 1.29 is 4.79 Å². The minimum absolute atomic E-state index is 0.304. The Morgan fingerprint density at radius 2 is 2.00 bits per heavy atom. The quantitative estimate of drug-likeness (QED) is 0.820. The molecule has 0 bridgehead atoms. The van der Waals surface area contributed by atoms with Gasteiger partial charge in [0, 0.05) is 23.5 Å². The van der Waals surface area contributed by atoms with E-state index in [1.54, 1.807) is 11.8 Å². The lowest BCUT2D eigenvalue weighted by molar-refractivity contribution is -0.129. The fourth-order valence-corrected chi connectivity index (χ4v) is 3.71. The first kappa shape index (κ1) is 14.9. The number of rotatable bonds is 6. The maximum atomic E-state index is 12.5. The summed E-state index contributed by atoms with van der Waals surface area (Å²) in [6.45, 7) is 2.01.